The van der Waals surface area contributed by atoms with Crippen LogP contribution in [-0.4, -0.2) is 24.2 Å². The summed E-state index contributed by atoms with van der Waals surface area (Å²) in [6.45, 7) is 4.00. The molecule has 4 aromatic rings. The summed E-state index contributed by atoms with van der Waals surface area (Å²) < 4.78 is 66.9. The molecule has 0 amide bonds. The molecule has 3 N–H and O–H groups in total. The minimum atomic E-state index is -5.21. The van der Waals surface area contributed by atoms with E-state index in [9.17, 15) is 25.9 Å². The SMILES string of the molecule is CC.Nc1ccc(F)c(C(=O)c2c[nH]c3ncc(-c4cccc(OS(=O)(=O)F)c4)cc23)c1F. The molecule has 4 rings (SSSR count). The Bertz CT molecular complexity index is 1450. The summed E-state index contributed by atoms with van der Waals surface area (Å²) in [5.41, 5.74) is 5.32. The van der Waals surface area contributed by atoms with E-state index in [1.165, 1.54) is 36.7 Å². The van der Waals surface area contributed by atoms with E-state index in [4.69, 9.17) is 5.73 Å². The van der Waals surface area contributed by atoms with Gasteiger partial charge in [0.15, 0.2) is 5.82 Å². The minimum Gasteiger partial charge on any atom is -0.396 e. The third kappa shape index (κ3) is 4.98. The Kier molecular flexibility index (Phi) is 6.73. The standard InChI is InChI=1S/C20H12F3N3O4S.C2H6/c21-15-4-5-16(24)18(22)17(15)19(27)14-9-26-20-13(14)7-11(8-25-20)10-2-1-3-12(6-10)30-31(23,28)29;1-2/h1-9H,24H2,(H,25,26);1-2H3. The quantitative estimate of drug-likeness (QED) is 0.239. The van der Waals surface area contributed by atoms with Crippen LogP contribution in [0.1, 0.15) is 29.8 Å². The first-order valence-electron chi connectivity index (χ1n) is 9.64. The van der Waals surface area contributed by atoms with Crippen molar-refractivity contribution in [3.63, 3.8) is 0 Å². The minimum absolute atomic E-state index is 0.0495. The van der Waals surface area contributed by atoms with E-state index in [1.54, 1.807) is 6.07 Å². The number of fused-ring (bicyclic) bond motifs is 1. The van der Waals surface area contributed by atoms with E-state index < -0.39 is 33.5 Å². The number of H-pyrrole nitrogens is 1. The van der Waals surface area contributed by atoms with Gasteiger partial charge in [0.25, 0.3) is 0 Å². The van der Waals surface area contributed by atoms with Crippen LogP contribution in [0.4, 0.5) is 18.4 Å². The number of aromatic nitrogens is 2. The molecular weight excluding hydrogens is 459 g/mol. The number of nitrogens with zero attached hydrogens (tertiary/aromatic N) is 1. The van der Waals surface area contributed by atoms with Gasteiger partial charge in [0.2, 0.25) is 5.78 Å². The molecule has 0 radical (unpaired) electrons. The Morgan fingerprint density at radius 2 is 1.82 bits per heavy atom. The van der Waals surface area contributed by atoms with E-state index in [0.717, 1.165) is 12.1 Å². The molecule has 0 saturated heterocycles. The largest absolute Gasteiger partial charge is 0.488 e. The highest BCUT2D eigenvalue weighted by molar-refractivity contribution is 7.81. The van der Waals surface area contributed by atoms with Gasteiger partial charge in [-0.2, -0.15) is 8.42 Å². The van der Waals surface area contributed by atoms with Crippen LogP contribution in [0, 0.1) is 11.6 Å². The topological polar surface area (TPSA) is 115 Å². The van der Waals surface area contributed by atoms with Crippen molar-refractivity contribution in [2.45, 2.75) is 13.8 Å². The molecule has 0 fully saturated rings. The number of carbonyl (C=O) groups is 1. The maximum absolute atomic E-state index is 14.3. The van der Waals surface area contributed by atoms with Gasteiger partial charge < -0.3 is 14.9 Å². The van der Waals surface area contributed by atoms with E-state index in [0.29, 0.717) is 11.1 Å². The van der Waals surface area contributed by atoms with Crippen LogP contribution in [0.3, 0.4) is 0 Å². The summed E-state index contributed by atoms with van der Waals surface area (Å²) in [5, 5.41) is 0.258. The average molecular weight is 477 g/mol. The maximum Gasteiger partial charge on any atom is 0.488 e. The molecule has 0 aliphatic heterocycles. The van der Waals surface area contributed by atoms with Crippen molar-refractivity contribution >= 4 is 33.0 Å². The molecule has 0 saturated carbocycles. The summed E-state index contributed by atoms with van der Waals surface area (Å²) >= 11 is 0. The van der Waals surface area contributed by atoms with Crippen LogP contribution in [0.5, 0.6) is 5.75 Å². The van der Waals surface area contributed by atoms with Crippen molar-refractivity contribution in [2.75, 3.05) is 5.73 Å². The fourth-order valence-electron chi connectivity index (χ4n) is 3.10. The number of hydrogen-bond donors (Lipinski definition) is 2. The van der Waals surface area contributed by atoms with Crippen LogP contribution >= 0.6 is 0 Å². The van der Waals surface area contributed by atoms with Gasteiger partial charge in [-0.3, -0.25) is 4.79 Å². The Labute approximate surface area is 187 Å². The first kappa shape index (κ1) is 23.8. The Morgan fingerprint density at radius 1 is 1.09 bits per heavy atom. The van der Waals surface area contributed by atoms with Gasteiger partial charge in [0, 0.05) is 28.9 Å². The third-order valence-electron chi connectivity index (χ3n) is 4.49. The normalized spacial score (nSPS) is 11.1. The second-order valence-corrected chi connectivity index (χ2v) is 7.43. The highest BCUT2D eigenvalue weighted by Crippen LogP contribution is 2.30. The van der Waals surface area contributed by atoms with Gasteiger partial charge in [-0.15, -0.1) is 0 Å². The maximum atomic E-state index is 14.3. The number of ketones is 1. The van der Waals surface area contributed by atoms with Gasteiger partial charge in [-0.1, -0.05) is 29.9 Å². The number of aromatic amines is 1. The average Bonchev–Trinajstić information content (AvgIpc) is 3.20. The van der Waals surface area contributed by atoms with Gasteiger partial charge in [0.05, 0.1) is 11.3 Å². The van der Waals surface area contributed by atoms with Crippen molar-refractivity contribution < 1.29 is 30.1 Å². The first-order chi connectivity index (χ1) is 15.6. The Balaban J connectivity index is 0.00000149. The fraction of sp³-hybridized carbons (Fsp3) is 0.0909. The number of nitrogen functional groups attached to an aromatic ring is 1. The van der Waals surface area contributed by atoms with Gasteiger partial charge >= 0.3 is 10.5 Å². The molecule has 2 aromatic heterocycles. The molecule has 0 bridgehead atoms. The van der Waals surface area contributed by atoms with Gasteiger partial charge in [0.1, 0.15) is 17.2 Å². The van der Waals surface area contributed by atoms with E-state index in [1.807, 2.05) is 13.8 Å². The van der Waals surface area contributed by atoms with Crippen LogP contribution in [0.2, 0.25) is 0 Å². The zero-order chi connectivity index (χ0) is 24.3. The molecule has 0 aliphatic carbocycles. The van der Waals surface area contributed by atoms with Crippen LogP contribution in [0.15, 0.2) is 54.9 Å². The predicted molar refractivity (Wildman–Crippen MR) is 118 cm³/mol. The second-order valence-electron chi connectivity index (χ2n) is 6.48. The molecule has 33 heavy (non-hydrogen) atoms. The highest BCUT2D eigenvalue weighted by Gasteiger charge is 2.24. The zero-order valence-electron chi connectivity index (χ0n) is 17.4. The van der Waals surface area contributed by atoms with Crippen LogP contribution in [0.25, 0.3) is 22.2 Å². The summed E-state index contributed by atoms with van der Waals surface area (Å²) in [5.74, 6) is -3.43. The monoisotopic (exact) mass is 477 g/mol. The molecule has 172 valence electrons. The predicted octanol–water partition coefficient (Wildman–Crippen LogP) is 4.94. The number of carbonyl (C=O) groups excluding carboxylic acids is 1. The summed E-state index contributed by atoms with van der Waals surface area (Å²) in [6.07, 6.45) is 2.68. The molecule has 0 aliphatic rings. The van der Waals surface area contributed by atoms with Crippen molar-refractivity contribution in [3.8, 4) is 16.9 Å². The molecule has 2 aromatic carbocycles. The van der Waals surface area contributed by atoms with Crippen molar-refractivity contribution in [1.82, 2.24) is 9.97 Å². The lowest BCUT2D eigenvalue weighted by Gasteiger charge is -2.07. The van der Waals surface area contributed by atoms with E-state index in [-0.39, 0.29) is 28.0 Å². The number of pyridine rings is 1. The van der Waals surface area contributed by atoms with E-state index in [2.05, 4.69) is 14.2 Å². The second kappa shape index (κ2) is 9.33. The first-order valence-corrected chi connectivity index (χ1v) is 10.9. The number of halogens is 3. The van der Waals surface area contributed by atoms with Gasteiger partial charge in [-0.25, -0.2) is 13.8 Å². The number of benzene rings is 2. The number of rotatable bonds is 5. The van der Waals surface area contributed by atoms with Gasteiger partial charge in [-0.05, 0) is 35.9 Å². The number of anilines is 1. The molecule has 0 atom stereocenters. The molecule has 0 spiro atoms. The molecule has 11 heteroatoms. The lowest BCUT2D eigenvalue weighted by atomic mass is 10.00. The Hall–Kier alpha value is -3.86. The summed E-state index contributed by atoms with van der Waals surface area (Å²) in [7, 11) is -5.21. The fourth-order valence-corrected chi connectivity index (χ4v) is 3.44. The lowest BCUT2D eigenvalue weighted by molar-refractivity contribution is 0.103. The number of nitrogens with two attached hydrogens (primary N) is 1. The smallest absolute Gasteiger partial charge is 0.396 e. The number of hydrogen-bond acceptors (Lipinski definition) is 6. The molecular formula is C22H18F3N3O4S. The Morgan fingerprint density at radius 3 is 2.52 bits per heavy atom. The van der Waals surface area contributed by atoms with E-state index >= 15 is 0 Å². The summed E-state index contributed by atoms with van der Waals surface area (Å²) in [6, 6.07) is 8.93. The third-order valence-corrected chi connectivity index (χ3v) is 4.88. The van der Waals surface area contributed by atoms with Crippen LogP contribution < -0.4 is 9.92 Å². The molecule has 0 unspecified atom stereocenters. The number of nitrogens with one attached hydrogen (secondary N) is 1. The lowest BCUT2D eigenvalue weighted by Crippen LogP contribution is -2.09. The molecule has 2 heterocycles. The van der Waals surface area contributed by atoms with Crippen molar-refractivity contribution in [1.29, 1.82) is 0 Å². The molecule has 7 nitrogen and oxygen atoms in total. The van der Waals surface area contributed by atoms with Crippen molar-refractivity contribution in [2.24, 2.45) is 0 Å². The van der Waals surface area contributed by atoms with Crippen LogP contribution in [-0.2, 0) is 10.5 Å². The van der Waals surface area contributed by atoms with Crippen molar-refractivity contribution in [3.05, 3.63) is 77.6 Å². The highest BCUT2D eigenvalue weighted by atomic mass is 32.3. The summed E-state index contributed by atoms with van der Waals surface area (Å²) in [4.78, 5) is 19.8. The zero-order valence-corrected chi connectivity index (χ0v) is 18.2.